The first-order valence-electron chi connectivity index (χ1n) is 11.9. The number of ether oxygens (including phenoxy) is 3. The zero-order valence-electron chi connectivity index (χ0n) is 21.0. The van der Waals surface area contributed by atoms with E-state index in [1.54, 1.807) is 51.7 Å². The maximum Gasteiger partial charge on any atom is 0.207 e. The predicted octanol–water partition coefficient (Wildman–Crippen LogP) is 6.25. The molecule has 1 N–H and O–H groups in total. The van der Waals surface area contributed by atoms with Crippen LogP contribution in [0.15, 0.2) is 94.7 Å². The second-order valence-corrected chi connectivity index (χ2v) is 10.7. The molecule has 0 fully saturated rings. The summed E-state index contributed by atoms with van der Waals surface area (Å²) in [6.07, 6.45) is 0. The van der Waals surface area contributed by atoms with Crippen molar-refractivity contribution in [1.82, 2.24) is 9.97 Å². The molecule has 0 atom stereocenters. The minimum atomic E-state index is -3.63. The molecular weight excluding hydrogens is 500 g/mol. The highest BCUT2D eigenvalue weighted by Gasteiger charge is 2.33. The van der Waals surface area contributed by atoms with Crippen LogP contribution < -0.4 is 14.2 Å². The summed E-state index contributed by atoms with van der Waals surface area (Å²) in [5.74, 6) is 2.16. The smallest absolute Gasteiger partial charge is 0.207 e. The van der Waals surface area contributed by atoms with Gasteiger partial charge in [0.25, 0.3) is 0 Å². The van der Waals surface area contributed by atoms with Gasteiger partial charge >= 0.3 is 0 Å². The third-order valence-electron chi connectivity index (χ3n) is 6.74. The van der Waals surface area contributed by atoms with Gasteiger partial charge in [-0.25, -0.2) is 13.4 Å². The molecule has 5 aromatic rings. The Hall–Kier alpha value is -4.56. The molecule has 0 bridgehead atoms. The number of H-pyrrole nitrogens is 1. The normalized spacial score (nSPS) is 13.0. The lowest BCUT2D eigenvalue weighted by molar-refractivity contribution is 0.349. The molecule has 0 aliphatic carbocycles. The summed E-state index contributed by atoms with van der Waals surface area (Å²) in [4.78, 5) is 9.02. The molecule has 1 aromatic heterocycles. The summed E-state index contributed by atoms with van der Waals surface area (Å²) in [7, 11) is 1.08. The number of hydrogen-bond acceptors (Lipinski definition) is 6. The highest BCUT2D eigenvalue weighted by atomic mass is 32.2. The predicted molar refractivity (Wildman–Crippen MR) is 145 cm³/mol. The maximum atomic E-state index is 13.4. The van der Waals surface area contributed by atoms with E-state index in [4.69, 9.17) is 19.2 Å². The number of hydrogen-bond donors (Lipinski definition) is 1. The molecule has 0 unspecified atom stereocenters. The van der Waals surface area contributed by atoms with Crippen LogP contribution in [0, 0.1) is 0 Å². The SMILES string of the molecule is COc1cc(OC)c(-c2nc(-c3ccc4c(c3)S(=O)(=O)c3ccccc3-4)c(-c3ccccc3)[nH]2)cc1OC. The largest absolute Gasteiger partial charge is 0.496 e. The van der Waals surface area contributed by atoms with Gasteiger partial charge in [-0.2, -0.15) is 0 Å². The van der Waals surface area contributed by atoms with Crippen molar-refractivity contribution in [2.45, 2.75) is 9.79 Å². The van der Waals surface area contributed by atoms with Crippen LogP contribution in [0.3, 0.4) is 0 Å². The van der Waals surface area contributed by atoms with Crippen LogP contribution in [0.1, 0.15) is 0 Å². The van der Waals surface area contributed by atoms with E-state index in [9.17, 15) is 8.42 Å². The van der Waals surface area contributed by atoms with Crippen LogP contribution in [0.4, 0.5) is 0 Å². The molecule has 0 amide bonds. The minimum absolute atomic E-state index is 0.281. The molecule has 1 aliphatic rings. The summed E-state index contributed by atoms with van der Waals surface area (Å²) in [5.41, 5.74) is 5.06. The quantitative estimate of drug-likeness (QED) is 0.277. The molecule has 0 spiro atoms. The number of methoxy groups -OCH3 is 3. The first-order valence-corrected chi connectivity index (χ1v) is 13.4. The molecule has 0 radical (unpaired) electrons. The lowest BCUT2D eigenvalue weighted by Crippen LogP contribution is -1.97. The average Bonchev–Trinajstić information content (AvgIpc) is 3.50. The lowest BCUT2D eigenvalue weighted by Gasteiger charge is -2.12. The van der Waals surface area contributed by atoms with Crippen LogP contribution in [0.2, 0.25) is 0 Å². The van der Waals surface area contributed by atoms with Crippen molar-refractivity contribution >= 4 is 9.84 Å². The van der Waals surface area contributed by atoms with Gasteiger partial charge in [0, 0.05) is 28.3 Å². The van der Waals surface area contributed by atoms with E-state index < -0.39 is 9.84 Å². The number of imidazole rings is 1. The fraction of sp³-hybridized carbons (Fsp3) is 0.100. The Labute approximate surface area is 220 Å². The van der Waals surface area contributed by atoms with Crippen molar-refractivity contribution in [3.8, 4) is 62.3 Å². The molecule has 190 valence electrons. The van der Waals surface area contributed by atoms with Crippen molar-refractivity contribution in [2.24, 2.45) is 0 Å². The third kappa shape index (κ3) is 3.64. The van der Waals surface area contributed by atoms with Gasteiger partial charge in [-0.3, -0.25) is 0 Å². The number of aromatic amines is 1. The van der Waals surface area contributed by atoms with Gasteiger partial charge in [0.1, 0.15) is 11.6 Å². The van der Waals surface area contributed by atoms with Crippen molar-refractivity contribution in [2.75, 3.05) is 21.3 Å². The maximum absolute atomic E-state index is 13.4. The topological polar surface area (TPSA) is 90.5 Å². The molecular formula is C30H24N2O5S. The van der Waals surface area contributed by atoms with Gasteiger partial charge in [-0.1, -0.05) is 60.7 Å². The van der Waals surface area contributed by atoms with Crippen LogP contribution >= 0.6 is 0 Å². The van der Waals surface area contributed by atoms with Crippen molar-refractivity contribution in [1.29, 1.82) is 0 Å². The fourth-order valence-corrected chi connectivity index (χ4v) is 6.61. The molecule has 7 nitrogen and oxygen atoms in total. The molecule has 0 saturated carbocycles. The number of nitrogens with zero attached hydrogens (tertiary/aromatic N) is 1. The van der Waals surface area contributed by atoms with E-state index in [0.717, 1.165) is 16.8 Å². The summed E-state index contributed by atoms with van der Waals surface area (Å²) in [6.45, 7) is 0. The second kappa shape index (κ2) is 9.08. The van der Waals surface area contributed by atoms with E-state index in [-0.39, 0.29) is 4.90 Å². The Morgan fingerprint density at radius 3 is 2.03 bits per heavy atom. The first kappa shape index (κ1) is 23.8. The first-order chi connectivity index (χ1) is 18.5. The number of nitrogens with one attached hydrogen (secondary N) is 1. The van der Waals surface area contributed by atoms with E-state index in [2.05, 4.69) is 4.98 Å². The van der Waals surface area contributed by atoms with Gasteiger partial charge in [-0.15, -0.1) is 0 Å². The lowest BCUT2D eigenvalue weighted by atomic mass is 10.0. The molecule has 4 aromatic carbocycles. The molecule has 2 heterocycles. The van der Waals surface area contributed by atoms with Gasteiger partial charge < -0.3 is 19.2 Å². The Kier molecular flexibility index (Phi) is 5.69. The van der Waals surface area contributed by atoms with Crippen LogP contribution in [-0.4, -0.2) is 39.7 Å². The van der Waals surface area contributed by atoms with E-state index >= 15 is 0 Å². The second-order valence-electron chi connectivity index (χ2n) is 8.79. The van der Waals surface area contributed by atoms with Gasteiger partial charge in [0.15, 0.2) is 11.5 Å². The summed E-state index contributed by atoms with van der Waals surface area (Å²) in [6, 6.07) is 25.9. The third-order valence-corrected chi connectivity index (χ3v) is 8.59. The van der Waals surface area contributed by atoms with Gasteiger partial charge in [-0.05, 0) is 18.2 Å². The Morgan fingerprint density at radius 1 is 0.632 bits per heavy atom. The molecule has 38 heavy (non-hydrogen) atoms. The van der Waals surface area contributed by atoms with Crippen LogP contribution in [0.5, 0.6) is 17.2 Å². The molecule has 8 heteroatoms. The Morgan fingerprint density at radius 2 is 1.29 bits per heavy atom. The van der Waals surface area contributed by atoms with E-state index in [0.29, 0.717) is 50.4 Å². The zero-order chi connectivity index (χ0) is 26.4. The standard InChI is InChI=1S/C30H24N2O5S/c1-35-23-17-25(37-3)24(36-2)16-22(23)30-31-28(18-9-5-4-6-10-18)29(32-30)19-13-14-21-20-11-7-8-12-26(20)38(33,34)27(21)15-19/h4-17H,1-3H3,(H,31,32). The van der Waals surface area contributed by atoms with E-state index in [1.807, 2.05) is 54.6 Å². The number of fused-ring (bicyclic) bond motifs is 3. The molecule has 6 rings (SSSR count). The molecule has 1 aliphatic heterocycles. The summed E-state index contributed by atoms with van der Waals surface area (Å²) >= 11 is 0. The van der Waals surface area contributed by atoms with Crippen LogP contribution in [-0.2, 0) is 9.84 Å². The summed E-state index contributed by atoms with van der Waals surface area (Å²) in [5, 5.41) is 0. The van der Waals surface area contributed by atoms with Crippen molar-refractivity contribution in [3.05, 3.63) is 84.9 Å². The zero-order valence-corrected chi connectivity index (χ0v) is 21.8. The number of benzene rings is 4. The number of sulfone groups is 1. The van der Waals surface area contributed by atoms with E-state index in [1.165, 1.54) is 0 Å². The minimum Gasteiger partial charge on any atom is -0.496 e. The fourth-order valence-electron chi connectivity index (χ4n) is 4.89. The summed E-state index contributed by atoms with van der Waals surface area (Å²) < 4.78 is 43.4. The number of aromatic nitrogens is 2. The highest BCUT2D eigenvalue weighted by molar-refractivity contribution is 7.92. The monoisotopic (exact) mass is 524 g/mol. The van der Waals surface area contributed by atoms with Crippen molar-refractivity contribution in [3.63, 3.8) is 0 Å². The van der Waals surface area contributed by atoms with Crippen molar-refractivity contribution < 1.29 is 22.6 Å². The highest BCUT2D eigenvalue weighted by Crippen LogP contribution is 2.46. The Bertz CT molecular complexity index is 1790. The van der Waals surface area contributed by atoms with Gasteiger partial charge in [0.05, 0.1) is 48.1 Å². The number of rotatable bonds is 6. The van der Waals surface area contributed by atoms with Crippen LogP contribution in [0.25, 0.3) is 45.0 Å². The average molecular weight is 525 g/mol. The Balaban J connectivity index is 1.57. The molecule has 0 saturated heterocycles. The van der Waals surface area contributed by atoms with Gasteiger partial charge in [0.2, 0.25) is 9.84 Å².